The second-order valence-corrected chi connectivity index (χ2v) is 6.68. The van der Waals surface area contributed by atoms with E-state index >= 15 is 0 Å². The number of amides is 1. The van der Waals surface area contributed by atoms with E-state index in [0.29, 0.717) is 5.92 Å². The molecule has 0 bridgehead atoms. The van der Waals surface area contributed by atoms with Crippen molar-refractivity contribution in [1.82, 2.24) is 19.7 Å². The van der Waals surface area contributed by atoms with Gasteiger partial charge in [0, 0.05) is 27.1 Å². The van der Waals surface area contributed by atoms with Gasteiger partial charge in [-0.15, -0.1) is 10.2 Å². The van der Waals surface area contributed by atoms with Crippen molar-refractivity contribution in [3.63, 3.8) is 0 Å². The fourth-order valence-corrected chi connectivity index (χ4v) is 2.92. The Morgan fingerprint density at radius 2 is 1.79 bits per heavy atom. The molecule has 1 heterocycles. The molecule has 0 aromatic carbocycles. The minimum absolute atomic E-state index is 0.120. The van der Waals surface area contributed by atoms with Crippen molar-refractivity contribution >= 4 is 17.7 Å². The fourth-order valence-electron chi connectivity index (χ4n) is 1.77. The summed E-state index contributed by atoms with van der Waals surface area (Å²) in [5.74, 6) is 1.64. The Morgan fingerprint density at radius 3 is 2.16 bits per heavy atom. The van der Waals surface area contributed by atoms with Crippen LogP contribution in [0.2, 0.25) is 0 Å². The van der Waals surface area contributed by atoms with Gasteiger partial charge in [0.15, 0.2) is 5.16 Å². The van der Waals surface area contributed by atoms with Gasteiger partial charge < -0.3 is 9.47 Å². The standard InChI is InChI=1S/C13H24N4OS/c1-8(2)10(12(18)16(5)6)19-13-15-14-11(9(3)4)17(13)7/h8-10H,1-7H3. The summed E-state index contributed by atoms with van der Waals surface area (Å²) in [7, 11) is 5.53. The lowest BCUT2D eigenvalue weighted by Crippen LogP contribution is -2.35. The smallest absolute Gasteiger partial charge is 0.235 e. The van der Waals surface area contributed by atoms with E-state index in [1.165, 1.54) is 11.8 Å². The molecule has 0 aliphatic heterocycles. The first-order valence-corrected chi connectivity index (χ1v) is 7.40. The van der Waals surface area contributed by atoms with Crippen LogP contribution < -0.4 is 0 Å². The van der Waals surface area contributed by atoms with E-state index in [9.17, 15) is 4.79 Å². The van der Waals surface area contributed by atoms with Gasteiger partial charge in [0.05, 0.1) is 5.25 Å². The highest BCUT2D eigenvalue weighted by molar-refractivity contribution is 8.00. The molecule has 1 aromatic heterocycles. The third-order valence-electron chi connectivity index (χ3n) is 2.91. The molecule has 108 valence electrons. The number of carbonyl (C=O) groups excluding carboxylic acids is 1. The monoisotopic (exact) mass is 284 g/mol. The highest BCUT2D eigenvalue weighted by atomic mass is 32.2. The number of carbonyl (C=O) groups is 1. The maximum atomic E-state index is 12.2. The van der Waals surface area contributed by atoms with Crippen molar-refractivity contribution in [1.29, 1.82) is 0 Å². The van der Waals surface area contributed by atoms with Crippen LogP contribution in [0.25, 0.3) is 0 Å². The van der Waals surface area contributed by atoms with E-state index in [2.05, 4.69) is 37.9 Å². The van der Waals surface area contributed by atoms with Gasteiger partial charge in [0.1, 0.15) is 5.82 Å². The highest BCUT2D eigenvalue weighted by Gasteiger charge is 2.27. The molecule has 6 heteroatoms. The summed E-state index contributed by atoms with van der Waals surface area (Å²) in [6, 6.07) is 0. The zero-order chi connectivity index (χ0) is 14.7. The molecule has 1 rings (SSSR count). The number of hydrogen-bond donors (Lipinski definition) is 0. The predicted octanol–water partition coefficient (Wildman–Crippen LogP) is 2.14. The number of aromatic nitrogens is 3. The van der Waals surface area contributed by atoms with Crippen molar-refractivity contribution in [2.24, 2.45) is 13.0 Å². The molecular formula is C13H24N4OS. The van der Waals surface area contributed by atoms with Crippen LogP contribution in [0.15, 0.2) is 5.16 Å². The molecule has 0 spiro atoms. The van der Waals surface area contributed by atoms with Gasteiger partial charge in [0.2, 0.25) is 5.91 Å². The second-order valence-electron chi connectivity index (χ2n) is 5.57. The quantitative estimate of drug-likeness (QED) is 0.777. The minimum Gasteiger partial charge on any atom is -0.348 e. The summed E-state index contributed by atoms with van der Waals surface area (Å²) in [4.78, 5) is 13.8. The van der Waals surface area contributed by atoms with Crippen LogP contribution in [0.4, 0.5) is 0 Å². The Kier molecular flexibility index (Phi) is 5.40. The molecule has 1 unspecified atom stereocenters. The Morgan fingerprint density at radius 1 is 1.21 bits per heavy atom. The topological polar surface area (TPSA) is 51.0 Å². The van der Waals surface area contributed by atoms with E-state index < -0.39 is 0 Å². The molecule has 0 aliphatic carbocycles. The predicted molar refractivity (Wildman–Crippen MR) is 78.3 cm³/mol. The lowest BCUT2D eigenvalue weighted by Gasteiger charge is -2.22. The number of thioether (sulfide) groups is 1. The van der Waals surface area contributed by atoms with E-state index in [4.69, 9.17) is 0 Å². The molecule has 19 heavy (non-hydrogen) atoms. The lowest BCUT2D eigenvalue weighted by molar-refractivity contribution is -0.128. The maximum absolute atomic E-state index is 12.2. The molecular weight excluding hydrogens is 260 g/mol. The van der Waals surface area contributed by atoms with Gasteiger partial charge >= 0.3 is 0 Å². The third-order valence-corrected chi connectivity index (χ3v) is 4.47. The number of hydrogen-bond acceptors (Lipinski definition) is 4. The normalized spacial score (nSPS) is 13.1. The van der Waals surface area contributed by atoms with E-state index in [1.54, 1.807) is 19.0 Å². The maximum Gasteiger partial charge on any atom is 0.235 e. The molecule has 0 fully saturated rings. The van der Waals surface area contributed by atoms with Crippen LogP contribution in [-0.4, -0.2) is 44.9 Å². The van der Waals surface area contributed by atoms with Crippen LogP contribution in [0, 0.1) is 5.92 Å². The van der Waals surface area contributed by atoms with Crippen LogP contribution in [0.5, 0.6) is 0 Å². The Bertz CT molecular complexity index is 440. The zero-order valence-corrected chi connectivity index (χ0v) is 13.7. The van der Waals surface area contributed by atoms with Crippen molar-refractivity contribution in [3.8, 4) is 0 Å². The number of nitrogens with zero attached hydrogens (tertiary/aromatic N) is 4. The molecule has 0 radical (unpaired) electrons. The van der Waals surface area contributed by atoms with Gasteiger partial charge in [-0.3, -0.25) is 4.79 Å². The molecule has 0 saturated carbocycles. The Labute approximate surface area is 119 Å². The average molecular weight is 284 g/mol. The van der Waals surface area contributed by atoms with Gasteiger partial charge in [-0.1, -0.05) is 39.5 Å². The second kappa shape index (κ2) is 6.41. The Hall–Kier alpha value is -1.04. The van der Waals surface area contributed by atoms with Crippen LogP contribution in [-0.2, 0) is 11.8 Å². The summed E-state index contributed by atoms with van der Waals surface area (Å²) < 4.78 is 1.98. The van der Waals surface area contributed by atoms with Crippen LogP contribution >= 0.6 is 11.8 Å². The van der Waals surface area contributed by atoms with E-state index in [1.807, 2.05) is 11.6 Å². The first-order chi connectivity index (χ1) is 8.75. The summed E-state index contributed by atoms with van der Waals surface area (Å²) >= 11 is 1.50. The molecule has 1 amide bonds. The van der Waals surface area contributed by atoms with Gasteiger partial charge in [-0.2, -0.15) is 0 Å². The largest absolute Gasteiger partial charge is 0.348 e. The third kappa shape index (κ3) is 3.72. The summed E-state index contributed by atoms with van der Waals surface area (Å²) in [6.45, 7) is 8.28. The van der Waals surface area contributed by atoms with Crippen LogP contribution in [0.3, 0.4) is 0 Å². The highest BCUT2D eigenvalue weighted by Crippen LogP contribution is 2.29. The van der Waals surface area contributed by atoms with Crippen molar-refractivity contribution in [3.05, 3.63) is 5.82 Å². The lowest BCUT2D eigenvalue weighted by atomic mass is 10.1. The molecule has 1 aromatic rings. The average Bonchev–Trinajstić information content (AvgIpc) is 2.66. The number of rotatable bonds is 5. The first kappa shape index (κ1) is 16.0. The SMILES string of the molecule is CC(C)c1nnc(SC(C(=O)N(C)C)C(C)C)n1C. The Balaban J connectivity index is 2.95. The van der Waals surface area contributed by atoms with Gasteiger partial charge in [-0.25, -0.2) is 0 Å². The summed E-state index contributed by atoms with van der Waals surface area (Å²) in [6.07, 6.45) is 0. The van der Waals surface area contributed by atoms with E-state index in [-0.39, 0.29) is 17.1 Å². The molecule has 0 N–H and O–H groups in total. The van der Waals surface area contributed by atoms with Crippen molar-refractivity contribution in [2.45, 2.75) is 44.0 Å². The van der Waals surface area contributed by atoms with Gasteiger partial charge in [0.25, 0.3) is 0 Å². The fraction of sp³-hybridized carbons (Fsp3) is 0.769. The molecule has 0 saturated heterocycles. The van der Waals surface area contributed by atoms with Crippen LogP contribution in [0.1, 0.15) is 39.4 Å². The van der Waals surface area contributed by atoms with Gasteiger partial charge in [-0.05, 0) is 5.92 Å². The molecule has 0 aliphatic rings. The summed E-state index contributed by atoms with van der Waals surface area (Å²) in [5, 5.41) is 9.08. The first-order valence-electron chi connectivity index (χ1n) is 6.52. The van der Waals surface area contributed by atoms with E-state index in [0.717, 1.165) is 11.0 Å². The molecule has 5 nitrogen and oxygen atoms in total. The zero-order valence-electron chi connectivity index (χ0n) is 12.8. The molecule has 1 atom stereocenters. The minimum atomic E-state index is -0.127. The van der Waals surface area contributed by atoms with Crippen molar-refractivity contribution < 1.29 is 4.79 Å². The van der Waals surface area contributed by atoms with Crippen molar-refractivity contribution in [2.75, 3.05) is 14.1 Å². The summed E-state index contributed by atoms with van der Waals surface area (Å²) in [5.41, 5.74) is 0.